The Morgan fingerprint density at radius 1 is 1.50 bits per heavy atom. The number of ether oxygens (including phenoxy) is 1. The smallest absolute Gasteiger partial charge is 0.280 e. The van der Waals surface area contributed by atoms with Crippen LogP contribution in [0.2, 0.25) is 0 Å². The first kappa shape index (κ1) is 12.4. The zero-order valence-corrected chi connectivity index (χ0v) is 9.78. The van der Waals surface area contributed by atoms with Gasteiger partial charge in [-0.1, -0.05) is 6.58 Å². The molecule has 0 aliphatic heterocycles. The lowest BCUT2D eigenvalue weighted by Gasteiger charge is -2.09. The van der Waals surface area contributed by atoms with Crippen LogP contribution in [0, 0.1) is 10.1 Å². The van der Waals surface area contributed by atoms with Gasteiger partial charge in [0.05, 0.1) is 23.7 Å². The number of allylic oxidation sites excluding steroid dienone is 1. The minimum absolute atomic E-state index is 0.0858. The largest absolute Gasteiger partial charge is 0.493 e. The van der Waals surface area contributed by atoms with Gasteiger partial charge in [-0.3, -0.25) is 10.1 Å². The molecule has 0 fully saturated rings. The average molecular weight is 241 g/mol. The van der Waals surface area contributed by atoms with Gasteiger partial charge in [0.25, 0.3) is 5.69 Å². The molecule has 0 aromatic heterocycles. The highest BCUT2D eigenvalue weighted by molar-refractivity contribution is 7.75. The second-order valence-electron chi connectivity index (χ2n) is 3.15. The number of nitro benzene ring substituents is 1. The van der Waals surface area contributed by atoms with E-state index in [1.165, 1.54) is 19.2 Å². The highest BCUT2D eigenvalue weighted by Crippen LogP contribution is 2.37. The molecule has 0 radical (unpaired) electrons. The molecule has 1 aromatic rings. The van der Waals surface area contributed by atoms with E-state index in [-0.39, 0.29) is 11.4 Å². The maximum absolute atomic E-state index is 10.8. The van der Waals surface area contributed by atoms with E-state index < -0.39 is 4.92 Å². The molecule has 0 amide bonds. The molecular weight excluding hydrogens is 230 g/mol. The lowest BCUT2D eigenvalue weighted by Crippen LogP contribution is -1.96. The van der Waals surface area contributed by atoms with Crippen molar-refractivity contribution in [2.24, 2.45) is 0 Å². The Kier molecular flexibility index (Phi) is 3.78. The number of hydrogen-bond acceptors (Lipinski definition) is 5. The number of methoxy groups -OCH3 is 1. The second kappa shape index (κ2) is 4.89. The molecule has 6 heteroatoms. The van der Waals surface area contributed by atoms with Crippen LogP contribution in [0.3, 0.4) is 0 Å². The monoisotopic (exact) mass is 241 g/mol. The van der Waals surface area contributed by atoms with Crippen molar-refractivity contribution in [3.05, 3.63) is 34.4 Å². The summed E-state index contributed by atoms with van der Waals surface area (Å²) in [7, 11) is 1.44. The molecule has 0 aliphatic rings. The minimum Gasteiger partial charge on any atom is -0.493 e. The highest BCUT2D eigenvalue weighted by atomic mass is 32.1. The maximum atomic E-state index is 10.8. The van der Waals surface area contributed by atoms with Crippen molar-refractivity contribution < 1.29 is 13.8 Å². The number of thiol groups is 1. The predicted octanol–water partition coefficient (Wildman–Crippen LogP) is 2.86. The Morgan fingerprint density at radius 3 is 2.50 bits per heavy atom. The summed E-state index contributed by atoms with van der Waals surface area (Å²) in [6, 6.07) is 2.77. The summed E-state index contributed by atoms with van der Waals surface area (Å²) in [4.78, 5) is 10.3. The van der Waals surface area contributed by atoms with Crippen molar-refractivity contribution in [1.82, 2.24) is 0 Å². The molecule has 1 aromatic carbocycles. The van der Waals surface area contributed by atoms with Crippen LogP contribution >= 0.6 is 12.9 Å². The van der Waals surface area contributed by atoms with Crippen LogP contribution in [0.4, 0.5) is 5.69 Å². The first-order valence-electron chi connectivity index (χ1n) is 4.35. The molecule has 0 spiro atoms. The summed E-state index contributed by atoms with van der Waals surface area (Å²) in [5.41, 5.74) is 0.907. The Bertz CT molecular complexity index is 404. The highest BCUT2D eigenvalue weighted by Gasteiger charge is 2.19. The maximum Gasteiger partial charge on any atom is 0.280 e. The number of nitrogens with zero attached hydrogens (tertiary/aromatic N) is 1. The summed E-state index contributed by atoms with van der Waals surface area (Å²) in [5, 5.41) is 10.8. The number of hydrogen-bond donors (Lipinski definition) is 1. The van der Waals surface area contributed by atoms with Gasteiger partial charge < -0.3 is 8.92 Å². The summed E-state index contributed by atoms with van der Waals surface area (Å²) >= 11 is 3.61. The number of nitro groups is 1. The van der Waals surface area contributed by atoms with E-state index >= 15 is 0 Å². The van der Waals surface area contributed by atoms with Crippen molar-refractivity contribution in [1.29, 1.82) is 0 Å². The van der Waals surface area contributed by atoms with E-state index in [2.05, 4.69) is 19.5 Å². The molecule has 0 saturated heterocycles. The topological polar surface area (TPSA) is 61.6 Å². The van der Waals surface area contributed by atoms with Crippen LogP contribution in [0.5, 0.6) is 11.5 Å². The molecule has 86 valence electrons. The molecule has 0 atom stereocenters. The molecule has 0 N–H and O–H groups in total. The lowest BCUT2D eigenvalue weighted by molar-refractivity contribution is -0.385. The van der Waals surface area contributed by atoms with Crippen molar-refractivity contribution in [2.45, 2.75) is 6.92 Å². The van der Waals surface area contributed by atoms with Crippen molar-refractivity contribution in [2.75, 3.05) is 7.11 Å². The van der Waals surface area contributed by atoms with Gasteiger partial charge in [0.2, 0.25) is 0 Å². The molecule has 0 heterocycles. The van der Waals surface area contributed by atoms with Crippen LogP contribution in [-0.4, -0.2) is 12.0 Å². The Hall–Kier alpha value is -1.69. The van der Waals surface area contributed by atoms with Crippen LogP contribution in [0.25, 0.3) is 5.57 Å². The summed E-state index contributed by atoms with van der Waals surface area (Å²) in [6.07, 6.45) is 0. The number of benzene rings is 1. The van der Waals surface area contributed by atoms with E-state index in [4.69, 9.17) is 8.92 Å². The van der Waals surface area contributed by atoms with Crippen LogP contribution in [0.1, 0.15) is 12.5 Å². The second-order valence-corrected chi connectivity index (χ2v) is 3.33. The minimum atomic E-state index is -0.500. The van der Waals surface area contributed by atoms with Gasteiger partial charge in [-0.05, 0) is 18.6 Å². The molecule has 0 unspecified atom stereocenters. The fourth-order valence-electron chi connectivity index (χ4n) is 1.27. The quantitative estimate of drug-likeness (QED) is 0.381. The van der Waals surface area contributed by atoms with Gasteiger partial charge in [-0.15, -0.1) is 0 Å². The van der Waals surface area contributed by atoms with E-state index in [1.54, 1.807) is 6.92 Å². The third kappa shape index (κ3) is 2.27. The zero-order chi connectivity index (χ0) is 12.3. The normalized spacial score (nSPS) is 9.69. The summed E-state index contributed by atoms with van der Waals surface area (Å²) in [6.45, 7) is 5.36. The zero-order valence-electron chi connectivity index (χ0n) is 8.89. The molecular formula is C10H11NO4S. The third-order valence-corrected chi connectivity index (χ3v) is 2.23. The molecule has 0 bridgehead atoms. The fraction of sp³-hybridized carbons (Fsp3) is 0.200. The van der Waals surface area contributed by atoms with Crippen molar-refractivity contribution in [3.8, 4) is 11.5 Å². The molecule has 16 heavy (non-hydrogen) atoms. The van der Waals surface area contributed by atoms with Gasteiger partial charge in [-0.2, -0.15) is 0 Å². The summed E-state index contributed by atoms with van der Waals surface area (Å²) < 4.78 is 9.72. The van der Waals surface area contributed by atoms with E-state index in [1.807, 2.05) is 0 Å². The molecule has 0 saturated carbocycles. The van der Waals surface area contributed by atoms with Crippen molar-refractivity contribution in [3.63, 3.8) is 0 Å². The summed E-state index contributed by atoms with van der Waals surface area (Å²) in [5.74, 6) is 0.570. The first-order chi connectivity index (χ1) is 7.51. The van der Waals surface area contributed by atoms with Gasteiger partial charge in [0.1, 0.15) is 0 Å². The van der Waals surface area contributed by atoms with Crippen LogP contribution < -0.4 is 8.92 Å². The Balaban J connectivity index is 3.47. The predicted molar refractivity (Wildman–Crippen MR) is 64.0 cm³/mol. The van der Waals surface area contributed by atoms with Crippen LogP contribution in [-0.2, 0) is 0 Å². The van der Waals surface area contributed by atoms with Gasteiger partial charge >= 0.3 is 0 Å². The fourth-order valence-corrected chi connectivity index (χ4v) is 1.42. The number of rotatable bonds is 4. The molecule has 1 rings (SSSR count). The average Bonchev–Trinajstić information content (AvgIpc) is 2.26. The standard InChI is InChI=1S/C10H11NO4S/c1-6(2)7-4-9(14-3)10(15-16)5-8(7)11(12)13/h4-5,16H,1H2,2-3H3. The van der Waals surface area contributed by atoms with Gasteiger partial charge in [0.15, 0.2) is 11.5 Å². The van der Waals surface area contributed by atoms with Crippen LogP contribution in [0.15, 0.2) is 18.7 Å². The SMILES string of the molecule is C=C(C)c1cc(OC)c(OS)cc1[N+](=O)[O-]. The Labute approximate surface area is 98.4 Å². The van der Waals surface area contributed by atoms with Crippen molar-refractivity contribution >= 4 is 24.2 Å². The van der Waals surface area contributed by atoms with Gasteiger partial charge in [0, 0.05) is 12.9 Å². The molecule has 5 nitrogen and oxygen atoms in total. The lowest BCUT2D eigenvalue weighted by atomic mass is 10.1. The van der Waals surface area contributed by atoms with E-state index in [0.29, 0.717) is 16.9 Å². The van der Waals surface area contributed by atoms with E-state index in [0.717, 1.165) is 0 Å². The van der Waals surface area contributed by atoms with Gasteiger partial charge in [-0.25, -0.2) is 0 Å². The third-order valence-electron chi connectivity index (χ3n) is 2.04. The molecule has 0 aliphatic carbocycles. The first-order valence-corrected chi connectivity index (χ1v) is 4.71. The Morgan fingerprint density at radius 2 is 2.12 bits per heavy atom. The van der Waals surface area contributed by atoms with E-state index in [9.17, 15) is 10.1 Å².